The molecule has 0 radical (unpaired) electrons. The van der Waals surface area contributed by atoms with Gasteiger partial charge in [-0.05, 0) is 12.1 Å². The van der Waals surface area contributed by atoms with Crippen molar-refractivity contribution in [1.82, 2.24) is 25.8 Å². The Morgan fingerprint density at radius 3 is 3.17 bits per heavy atom. The van der Waals surface area contributed by atoms with Gasteiger partial charge in [-0.15, -0.1) is 0 Å². The number of aromatic nitrogens is 3. The van der Waals surface area contributed by atoms with Crippen LogP contribution in [0.4, 0.5) is 0 Å². The highest BCUT2D eigenvalue weighted by molar-refractivity contribution is 5.82. The van der Waals surface area contributed by atoms with Crippen LogP contribution in [0.1, 0.15) is 5.89 Å². The quantitative estimate of drug-likeness (QED) is 0.691. The summed E-state index contributed by atoms with van der Waals surface area (Å²) >= 11 is 0. The molecule has 3 rings (SSSR count). The van der Waals surface area contributed by atoms with Crippen LogP contribution in [-0.4, -0.2) is 40.2 Å². The Balaban J connectivity index is 1.72. The van der Waals surface area contributed by atoms with Gasteiger partial charge >= 0.3 is 0 Å². The van der Waals surface area contributed by atoms with E-state index in [-0.39, 0.29) is 11.9 Å². The second-order valence-electron chi connectivity index (χ2n) is 4.10. The molecular weight excluding hydrogens is 234 g/mol. The maximum atomic E-state index is 11.6. The van der Waals surface area contributed by atoms with Crippen molar-refractivity contribution in [3.8, 4) is 11.5 Å². The lowest BCUT2D eigenvalue weighted by Gasteiger charge is -2.21. The summed E-state index contributed by atoms with van der Waals surface area (Å²) in [6, 6.07) is 3.43. The molecule has 1 fully saturated rings. The summed E-state index contributed by atoms with van der Waals surface area (Å²) < 4.78 is 5.14. The zero-order valence-corrected chi connectivity index (χ0v) is 9.64. The van der Waals surface area contributed by atoms with E-state index in [9.17, 15) is 4.79 Å². The Bertz CT molecular complexity index is 533. The van der Waals surface area contributed by atoms with Gasteiger partial charge in [0.25, 0.3) is 0 Å². The van der Waals surface area contributed by atoms with Gasteiger partial charge in [-0.3, -0.25) is 4.79 Å². The summed E-state index contributed by atoms with van der Waals surface area (Å²) in [6.07, 6.45) is 2.20. The molecule has 0 aliphatic carbocycles. The van der Waals surface area contributed by atoms with Crippen LogP contribution in [-0.2, 0) is 11.2 Å². The van der Waals surface area contributed by atoms with Gasteiger partial charge in [0.05, 0.1) is 18.2 Å². The smallest absolute Gasteiger partial charge is 0.237 e. The first-order chi connectivity index (χ1) is 8.83. The number of carbonyl (C=O) groups excluding carboxylic acids is 1. The molecule has 2 aromatic rings. The normalized spacial score (nSPS) is 19.8. The number of piperazine rings is 1. The van der Waals surface area contributed by atoms with Crippen molar-refractivity contribution in [3.05, 3.63) is 24.2 Å². The van der Waals surface area contributed by atoms with Crippen molar-refractivity contribution >= 4 is 5.91 Å². The Morgan fingerprint density at radius 1 is 1.44 bits per heavy atom. The predicted octanol–water partition coefficient (Wildman–Crippen LogP) is -0.305. The van der Waals surface area contributed by atoms with Crippen LogP contribution < -0.4 is 10.6 Å². The van der Waals surface area contributed by atoms with Crippen LogP contribution in [0.5, 0.6) is 0 Å². The summed E-state index contributed by atoms with van der Waals surface area (Å²) in [5.41, 5.74) is 0.797. The SMILES string of the molecule is O=C1NCCNC1Cc1nc(-c2ccc[nH]2)no1. The first-order valence-corrected chi connectivity index (χ1v) is 5.80. The first-order valence-electron chi connectivity index (χ1n) is 5.80. The molecule has 1 saturated heterocycles. The van der Waals surface area contributed by atoms with Crippen molar-refractivity contribution in [2.75, 3.05) is 13.1 Å². The van der Waals surface area contributed by atoms with E-state index in [0.717, 1.165) is 12.2 Å². The number of nitrogens with zero attached hydrogens (tertiary/aromatic N) is 2. The second kappa shape index (κ2) is 4.61. The zero-order chi connectivity index (χ0) is 12.4. The molecule has 0 saturated carbocycles. The number of nitrogens with one attached hydrogen (secondary N) is 3. The second-order valence-corrected chi connectivity index (χ2v) is 4.10. The van der Waals surface area contributed by atoms with Crippen LogP contribution in [0.2, 0.25) is 0 Å². The van der Waals surface area contributed by atoms with E-state index < -0.39 is 0 Å². The van der Waals surface area contributed by atoms with E-state index in [2.05, 4.69) is 25.8 Å². The molecule has 3 heterocycles. The van der Waals surface area contributed by atoms with E-state index in [1.54, 1.807) is 6.20 Å². The van der Waals surface area contributed by atoms with Gasteiger partial charge in [0.15, 0.2) is 0 Å². The first kappa shape index (κ1) is 11.0. The molecule has 1 atom stereocenters. The molecule has 0 bridgehead atoms. The third-order valence-electron chi connectivity index (χ3n) is 2.82. The molecular formula is C11H13N5O2. The van der Waals surface area contributed by atoms with Crippen LogP contribution in [0.3, 0.4) is 0 Å². The number of carbonyl (C=O) groups is 1. The van der Waals surface area contributed by atoms with Gasteiger partial charge in [0, 0.05) is 19.3 Å². The van der Waals surface area contributed by atoms with Crippen molar-refractivity contribution in [1.29, 1.82) is 0 Å². The summed E-state index contributed by atoms with van der Waals surface area (Å²) in [6.45, 7) is 1.42. The van der Waals surface area contributed by atoms with Gasteiger partial charge < -0.3 is 20.1 Å². The summed E-state index contributed by atoms with van der Waals surface area (Å²) in [7, 11) is 0. The average Bonchev–Trinajstić information content (AvgIpc) is 3.02. The highest BCUT2D eigenvalue weighted by Gasteiger charge is 2.24. The fourth-order valence-corrected chi connectivity index (χ4v) is 1.90. The molecule has 1 amide bonds. The van der Waals surface area contributed by atoms with E-state index in [1.807, 2.05) is 12.1 Å². The molecule has 0 spiro atoms. The molecule has 7 nitrogen and oxygen atoms in total. The van der Waals surface area contributed by atoms with Crippen molar-refractivity contribution in [2.24, 2.45) is 0 Å². The Kier molecular flexibility index (Phi) is 2.81. The van der Waals surface area contributed by atoms with E-state index in [0.29, 0.717) is 24.7 Å². The highest BCUT2D eigenvalue weighted by Crippen LogP contribution is 2.13. The van der Waals surface area contributed by atoms with Gasteiger partial charge in [-0.25, -0.2) is 0 Å². The number of H-pyrrole nitrogens is 1. The van der Waals surface area contributed by atoms with Gasteiger partial charge in [-0.2, -0.15) is 4.98 Å². The maximum Gasteiger partial charge on any atom is 0.237 e. The zero-order valence-electron chi connectivity index (χ0n) is 9.64. The van der Waals surface area contributed by atoms with Gasteiger partial charge in [-0.1, -0.05) is 5.16 Å². The molecule has 18 heavy (non-hydrogen) atoms. The molecule has 1 aliphatic heterocycles. The maximum absolute atomic E-state index is 11.6. The average molecular weight is 247 g/mol. The minimum Gasteiger partial charge on any atom is -0.359 e. The molecule has 0 aromatic carbocycles. The molecule has 3 N–H and O–H groups in total. The molecule has 2 aromatic heterocycles. The summed E-state index contributed by atoms with van der Waals surface area (Å²) in [4.78, 5) is 18.8. The standard InChI is InChI=1S/C11H13N5O2/c17-11-8(13-4-5-14-11)6-9-15-10(16-18-9)7-2-1-3-12-7/h1-3,8,12-13H,4-6H2,(H,14,17). The van der Waals surface area contributed by atoms with Crippen LogP contribution >= 0.6 is 0 Å². The topological polar surface area (TPSA) is 95.8 Å². The predicted molar refractivity (Wildman–Crippen MR) is 62.6 cm³/mol. The lowest BCUT2D eigenvalue weighted by atomic mass is 10.1. The Labute approximate surface area is 103 Å². The van der Waals surface area contributed by atoms with Crippen LogP contribution in [0, 0.1) is 0 Å². The lowest BCUT2D eigenvalue weighted by molar-refractivity contribution is -0.124. The van der Waals surface area contributed by atoms with Crippen molar-refractivity contribution < 1.29 is 9.32 Å². The van der Waals surface area contributed by atoms with Crippen molar-refractivity contribution in [2.45, 2.75) is 12.5 Å². The van der Waals surface area contributed by atoms with Crippen LogP contribution in [0.25, 0.3) is 11.5 Å². The fourth-order valence-electron chi connectivity index (χ4n) is 1.90. The van der Waals surface area contributed by atoms with Gasteiger partial charge in [0.2, 0.25) is 17.6 Å². The van der Waals surface area contributed by atoms with E-state index in [4.69, 9.17) is 4.52 Å². The van der Waals surface area contributed by atoms with Crippen LogP contribution in [0.15, 0.2) is 22.9 Å². The third kappa shape index (κ3) is 2.12. The molecule has 1 unspecified atom stereocenters. The largest absolute Gasteiger partial charge is 0.359 e. The number of hydrogen-bond acceptors (Lipinski definition) is 5. The summed E-state index contributed by atoms with van der Waals surface area (Å²) in [5, 5.41) is 9.78. The fraction of sp³-hybridized carbons (Fsp3) is 0.364. The van der Waals surface area contributed by atoms with E-state index in [1.165, 1.54) is 0 Å². The number of amides is 1. The monoisotopic (exact) mass is 247 g/mol. The summed E-state index contributed by atoms with van der Waals surface area (Å²) in [5.74, 6) is 0.932. The molecule has 1 aliphatic rings. The van der Waals surface area contributed by atoms with E-state index >= 15 is 0 Å². The van der Waals surface area contributed by atoms with Crippen molar-refractivity contribution in [3.63, 3.8) is 0 Å². The lowest BCUT2D eigenvalue weighted by Crippen LogP contribution is -2.53. The number of hydrogen-bond donors (Lipinski definition) is 3. The van der Waals surface area contributed by atoms with Gasteiger partial charge in [0.1, 0.15) is 0 Å². The minimum absolute atomic E-state index is 0.0270. The molecule has 94 valence electrons. The highest BCUT2D eigenvalue weighted by atomic mass is 16.5. The minimum atomic E-state index is -0.296. The third-order valence-corrected chi connectivity index (χ3v) is 2.82. The number of rotatable bonds is 3. The molecule has 7 heteroatoms. The Hall–Kier alpha value is -2.15. The number of aromatic amines is 1. The Morgan fingerprint density at radius 2 is 2.39 bits per heavy atom.